The van der Waals surface area contributed by atoms with Gasteiger partial charge in [-0.25, -0.2) is 0 Å². The van der Waals surface area contributed by atoms with Gasteiger partial charge < -0.3 is 5.32 Å². The molecule has 0 saturated heterocycles. The monoisotopic (exact) mass is 325 g/mol. The Morgan fingerprint density at radius 3 is 1.92 bits per heavy atom. The molecule has 3 aromatic rings. The van der Waals surface area contributed by atoms with Crippen LogP contribution in [0, 0.1) is 11.8 Å². The van der Waals surface area contributed by atoms with E-state index in [-0.39, 0.29) is 5.91 Å². The van der Waals surface area contributed by atoms with Gasteiger partial charge in [-0.05, 0) is 48.4 Å². The molecule has 3 aromatic carbocycles. The highest BCUT2D eigenvalue weighted by Crippen LogP contribution is 2.05. The van der Waals surface area contributed by atoms with Crippen LogP contribution in [0.5, 0.6) is 0 Å². The van der Waals surface area contributed by atoms with Crippen LogP contribution in [0.25, 0.3) is 0 Å². The molecule has 0 aliphatic rings. The lowest BCUT2D eigenvalue weighted by atomic mass is 10.1. The largest absolute Gasteiger partial charge is 0.352 e. The molecule has 3 rings (SSSR count). The summed E-state index contributed by atoms with van der Waals surface area (Å²) in [6.45, 7) is 0.623. The number of carbonyl (C=O) groups is 1. The van der Waals surface area contributed by atoms with Crippen molar-refractivity contribution in [2.75, 3.05) is 6.54 Å². The number of rotatable bonds is 4. The molecule has 0 heterocycles. The molecule has 0 spiro atoms. The van der Waals surface area contributed by atoms with Crippen molar-refractivity contribution < 1.29 is 4.79 Å². The number of amides is 1. The number of hydrogen-bond acceptors (Lipinski definition) is 1. The standard InChI is InChI=1S/C23H19NO/c25-23(24-18-17-20-9-5-2-6-10-20)22-15-13-21(14-16-22)12-11-19-7-3-1-4-8-19/h1-10,13-16H,17-18H2,(H,24,25). The van der Waals surface area contributed by atoms with Crippen LogP contribution in [0.2, 0.25) is 0 Å². The Labute approximate surface area is 148 Å². The fourth-order valence-corrected chi connectivity index (χ4v) is 2.44. The van der Waals surface area contributed by atoms with Crippen LogP contribution in [0.4, 0.5) is 0 Å². The lowest BCUT2D eigenvalue weighted by Crippen LogP contribution is -2.25. The molecule has 2 nitrogen and oxygen atoms in total. The number of carbonyl (C=O) groups excluding carboxylic acids is 1. The summed E-state index contributed by atoms with van der Waals surface area (Å²) in [6, 6.07) is 27.4. The van der Waals surface area contributed by atoms with E-state index in [0.717, 1.165) is 17.5 Å². The van der Waals surface area contributed by atoms with Crippen LogP contribution in [-0.4, -0.2) is 12.5 Å². The Bertz CT molecular complexity index is 872. The van der Waals surface area contributed by atoms with Gasteiger partial charge in [0.05, 0.1) is 0 Å². The summed E-state index contributed by atoms with van der Waals surface area (Å²) in [5, 5.41) is 2.95. The molecular formula is C23H19NO. The first-order valence-electron chi connectivity index (χ1n) is 8.30. The molecule has 0 atom stereocenters. The zero-order chi connectivity index (χ0) is 17.3. The van der Waals surface area contributed by atoms with E-state index in [4.69, 9.17) is 0 Å². The first kappa shape index (κ1) is 16.5. The topological polar surface area (TPSA) is 29.1 Å². The van der Waals surface area contributed by atoms with E-state index in [1.165, 1.54) is 5.56 Å². The van der Waals surface area contributed by atoms with Gasteiger partial charge in [0.15, 0.2) is 0 Å². The zero-order valence-corrected chi connectivity index (χ0v) is 13.9. The molecule has 0 fully saturated rings. The summed E-state index contributed by atoms with van der Waals surface area (Å²) < 4.78 is 0. The lowest BCUT2D eigenvalue weighted by Gasteiger charge is -2.05. The minimum absolute atomic E-state index is 0.0569. The highest BCUT2D eigenvalue weighted by atomic mass is 16.1. The van der Waals surface area contributed by atoms with Gasteiger partial charge in [-0.3, -0.25) is 4.79 Å². The van der Waals surface area contributed by atoms with Crippen molar-refractivity contribution in [1.82, 2.24) is 5.32 Å². The molecule has 0 aromatic heterocycles. The van der Waals surface area contributed by atoms with Crippen molar-refractivity contribution in [1.29, 1.82) is 0 Å². The summed E-state index contributed by atoms with van der Waals surface area (Å²) in [4.78, 5) is 12.2. The maximum Gasteiger partial charge on any atom is 0.251 e. The number of hydrogen-bond donors (Lipinski definition) is 1. The van der Waals surface area contributed by atoms with Gasteiger partial charge in [0.2, 0.25) is 0 Å². The van der Waals surface area contributed by atoms with Crippen molar-refractivity contribution >= 4 is 5.91 Å². The van der Waals surface area contributed by atoms with Gasteiger partial charge in [-0.15, -0.1) is 0 Å². The van der Waals surface area contributed by atoms with Gasteiger partial charge in [0.1, 0.15) is 0 Å². The Morgan fingerprint density at radius 1 is 0.720 bits per heavy atom. The van der Waals surface area contributed by atoms with Crippen molar-refractivity contribution in [2.24, 2.45) is 0 Å². The first-order valence-corrected chi connectivity index (χ1v) is 8.30. The Hall–Kier alpha value is -3.31. The fourth-order valence-electron chi connectivity index (χ4n) is 2.44. The van der Waals surface area contributed by atoms with E-state index in [2.05, 4.69) is 29.3 Å². The van der Waals surface area contributed by atoms with Gasteiger partial charge in [0, 0.05) is 23.2 Å². The van der Waals surface area contributed by atoms with Gasteiger partial charge in [-0.2, -0.15) is 0 Å². The molecule has 0 radical (unpaired) electrons. The van der Waals surface area contributed by atoms with Crippen LogP contribution in [0.1, 0.15) is 27.0 Å². The maximum atomic E-state index is 12.2. The molecule has 0 bridgehead atoms. The Kier molecular flexibility index (Phi) is 5.64. The van der Waals surface area contributed by atoms with E-state index in [9.17, 15) is 4.79 Å². The van der Waals surface area contributed by atoms with Crippen molar-refractivity contribution in [3.05, 3.63) is 107 Å². The maximum absolute atomic E-state index is 12.2. The van der Waals surface area contributed by atoms with Crippen LogP contribution in [-0.2, 0) is 6.42 Å². The molecule has 1 amide bonds. The summed E-state index contributed by atoms with van der Waals surface area (Å²) >= 11 is 0. The van der Waals surface area contributed by atoms with Crippen LogP contribution in [0.15, 0.2) is 84.9 Å². The highest BCUT2D eigenvalue weighted by Gasteiger charge is 2.04. The quantitative estimate of drug-likeness (QED) is 0.720. The summed E-state index contributed by atoms with van der Waals surface area (Å²) in [5.41, 5.74) is 3.74. The smallest absolute Gasteiger partial charge is 0.251 e. The predicted octanol–water partition coefficient (Wildman–Crippen LogP) is 4.06. The van der Waals surface area contributed by atoms with Crippen LogP contribution >= 0.6 is 0 Å². The first-order chi connectivity index (χ1) is 12.3. The average Bonchev–Trinajstić information content (AvgIpc) is 2.68. The summed E-state index contributed by atoms with van der Waals surface area (Å²) in [7, 11) is 0. The summed E-state index contributed by atoms with van der Waals surface area (Å²) in [6.07, 6.45) is 0.827. The van der Waals surface area contributed by atoms with E-state index in [1.807, 2.05) is 72.8 Å². The second-order valence-corrected chi connectivity index (χ2v) is 5.68. The molecule has 0 saturated carbocycles. The third kappa shape index (κ3) is 5.09. The van der Waals surface area contributed by atoms with Crippen molar-refractivity contribution in [2.45, 2.75) is 6.42 Å². The van der Waals surface area contributed by atoms with Gasteiger partial charge in [-0.1, -0.05) is 60.4 Å². The molecule has 1 N–H and O–H groups in total. The zero-order valence-electron chi connectivity index (χ0n) is 13.9. The van der Waals surface area contributed by atoms with E-state index >= 15 is 0 Å². The second-order valence-electron chi connectivity index (χ2n) is 5.68. The van der Waals surface area contributed by atoms with Crippen molar-refractivity contribution in [3.8, 4) is 11.8 Å². The summed E-state index contributed by atoms with van der Waals surface area (Å²) in [5.74, 6) is 6.16. The SMILES string of the molecule is O=C(NCCc1ccccc1)c1ccc(C#Cc2ccccc2)cc1. The Balaban J connectivity index is 1.55. The molecule has 25 heavy (non-hydrogen) atoms. The normalized spacial score (nSPS) is 9.76. The minimum Gasteiger partial charge on any atom is -0.352 e. The molecule has 0 aliphatic heterocycles. The van der Waals surface area contributed by atoms with Gasteiger partial charge >= 0.3 is 0 Å². The minimum atomic E-state index is -0.0569. The van der Waals surface area contributed by atoms with Crippen LogP contribution < -0.4 is 5.32 Å². The predicted molar refractivity (Wildman–Crippen MR) is 101 cm³/mol. The lowest BCUT2D eigenvalue weighted by molar-refractivity contribution is 0.0954. The third-order valence-corrected chi connectivity index (χ3v) is 3.81. The van der Waals surface area contributed by atoms with E-state index < -0.39 is 0 Å². The third-order valence-electron chi connectivity index (χ3n) is 3.81. The highest BCUT2D eigenvalue weighted by molar-refractivity contribution is 5.94. The van der Waals surface area contributed by atoms with E-state index in [0.29, 0.717) is 12.1 Å². The van der Waals surface area contributed by atoms with Gasteiger partial charge in [0.25, 0.3) is 5.91 Å². The molecule has 0 aliphatic carbocycles. The van der Waals surface area contributed by atoms with E-state index in [1.54, 1.807) is 0 Å². The molecular weight excluding hydrogens is 306 g/mol. The van der Waals surface area contributed by atoms with Crippen LogP contribution in [0.3, 0.4) is 0 Å². The Morgan fingerprint density at radius 2 is 1.28 bits per heavy atom. The fraction of sp³-hybridized carbons (Fsp3) is 0.0870. The number of nitrogens with one attached hydrogen (secondary N) is 1. The second kappa shape index (κ2) is 8.52. The molecule has 0 unspecified atom stereocenters. The number of benzene rings is 3. The van der Waals surface area contributed by atoms with Crippen molar-refractivity contribution in [3.63, 3.8) is 0 Å². The average molecular weight is 325 g/mol. The molecule has 2 heteroatoms. The molecule has 122 valence electrons.